The third-order valence-corrected chi connectivity index (χ3v) is 4.09. The van der Waals surface area contributed by atoms with Crippen LogP contribution in [0.3, 0.4) is 0 Å². The molecule has 1 aliphatic carbocycles. The molecule has 0 spiro atoms. The van der Waals surface area contributed by atoms with Crippen molar-refractivity contribution >= 4 is 11.3 Å². The van der Waals surface area contributed by atoms with Gasteiger partial charge in [-0.1, -0.05) is 19.8 Å². The standard InChI is InChI=1S/C13H21NOS/c1-2-14-9-12-7-8-13(16-12)10-15-11-5-3-4-6-11/h7-8,11,14H,2-6,9-10H2,1H3. The van der Waals surface area contributed by atoms with E-state index in [4.69, 9.17) is 4.74 Å². The smallest absolute Gasteiger partial charge is 0.0813 e. The van der Waals surface area contributed by atoms with E-state index in [2.05, 4.69) is 24.4 Å². The second-order valence-corrected chi connectivity index (χ2v) is 5.62. The SMILES string of the molecule is CCNCc1ccc(COC2CCCC2)s1. The minimum Gasteiger partial charge on any atom is -0.373 e. The van der Waals surface area contributed by atoms with Crippen molar-refractivity contribution in [2.75, 3.05) is 6.54 Å². The Morgan fingerprint density at radius 3 is 2.81 bits per heavy atom. The molecular formula is C13H21NOS. The van der Waals surface area contributed by atoms with Crippen molar-refractivity contribution < 1.29 is 4.74 Å². The molecule has 0 unspecified atom stereocenters. The number of hydrogen-bond donors (Lipinski definition) is 1. The number of nitrogens with one attached hydrogen (secondary N) is 1. The summed E-state index contributed by atoms with van der Waals surface area (Å²) in [5, 5.41) is 3.34. The number of rotatable bonds is 6. The van der Waals surface area contributed by atoms with Crippen molar-refractivity contribution in [2.45, 2.75) is 51.9 Å². The van der Waals surface area contributed by atoms with Crippen LogP contribution in [0.4, 0.5) is 0 Å². The van der Waals surface area contributed by atoms with Crippen LogP contribution in [0.2, 0.25) is 0 Å². The van der Waals surface area contributed by atoms with Crippen molar-refractivity contribution in [3.63, 3.8) is 0 Å². The molecule has 0 atom stereocenters. The van der Waals surface area contributed by atoms with Gasteiger partial charge in [-0.15, -0.1) is 11.3 Å². The van der Waals surface area contributed by atoms with E-state index in [-0.39, 0.29) is 0 Å². The van der Waals surface area contributed by atoms with Crippen molar-refractivity contribution in [1.29, 1.82) is 0 Å². The first kappa shape index (κ1) is 12.1. The fraction of sp³-hybridized carbons (Fsp3) is 0.692. The Bertz CT molecular complexity index is 305. The zero-order valence-corrected chi connectivity index (χ0v) is 10.8. The predicted molar refractivity (Wildman–Crippen MR) is 68.7 cm³/mol. The zero-order chi connectivity index (χ0) is 11.2. The van der Waals surface area contributed by atoms with Gasteiger partial charge in [-0.05, 0) is 31.5 Å². The molecule has 1 N–H and O–H groups in total. The Hall–Kier alpha value is -0.380. The van der Waals surface area contributed by atoms with Gasteiger partial charge in [-0.2, -0.15) is 0 Å². The van der Waals surface area contributed by atoms with Crippen molar-refractivity contribution in [2.24, 2.45) is 0 Å². The van der Waals surface area contributed by atoms with E-state index in [1.54, 1.807) is 0 Å². The second kappa shape index (κ2) is 6.38. The third kappa shape index (κ3) is 3.58. The minimum atomic E-state index is 0.527. The highest BCUT2D eigenvalue weighted by Gasteiger charge is 2.15. The quantitative estimate of drug-likeness (QED) is 0.822. The van der Waals surface area contributed by atoms with Crippen LogP contribution in [-0.2, 0) is 17.9 Å². The van der Waals surface area contributed by atoms with Crippen LogP contribution in [0.5, 0.6) is 0 Å². The lowest BCUT2D eigenvalue weighted by molar-refractivity contribution is 0.0473. The fourth-order valence-electron chi connectivity index (χ4n) is 2.10. The maximum absolute atomic E-state index is 5.90. The van der Waals surface area contributed by atoms with Gasteiger partial charge in [0, 0.05) is 16.3 Å². The molecule has 0 aromatic carbocycles. The third-order valence-electron chi connectivity index (χ3n) is 3.03. The van der Waals surface area contributed by atoms with Gasteiger partial charge in [0.05, 0.1) is 12.7 Å². The largest absolute Gasteiger partial charge is 0.373 e. The summed E-state index contributed by atoms with van der Waals surface area (Å²) in [5.41, 5.74) is 0. The van der Waals surface area contributed by atoms with Crippen LogP contribution >= 0.6 is 11.3 Å². The number of hydrogen-bond acceptors (Lipinski definition) is 3. The first-order valence-electron chi connectivity index (χ1n) is 6.28. The Labute approximate surface area is 102 Å². The topological polar surface area (TPSA) is 21.3 Å². The normalized spacial score (nSPS) is 17.1. The monoisotopic (exact) mass is 239 g/mol. The molecule has 1 fully saturated rings. The first-order valence-corrected chi connectivity index (χ1v) is 7.10. The number of thiophene rings is 1. The highest BCUT2D eigenvalue weighted by Crippen LogP contribution is 2.24. The lowest BCUT2D eigenvalue weighted by Crippen LogP contribution is -2.10. The van der Waals surface area contributed by atoms with Crippen LogP contribution < -0.4 is 5.32 Å². The molecule has 0 aliphatic heterocycles. The summed E-state index contributed by atoms with van der Waals surface area (Å²) in [6.07, 6.45) is 5.74. The highest BCUT2D eigenvalue weighted by molar-refractivity contribution is 7.11. The number of ether oxygens (including phenoxy) is 1. The van der Waals surface area contributed by atoms with Crippen LogP contribution in [-0.4, -0.2) is 12.6 Å². The second-order valence-electron chi connectivity index (χ2n) is 4.37. The molecule has 0 amide bonds. The van der Waals surface area contributed by atoms with E-state index in [1.165, 1.54) is 35.4 Å². The van der Waals surface area contributed by atoms with Crippen LogP contribution in [0.15, 0.2) is 12.1 Å². The van der Waals surface area contributed by atoms with Gasteiger partial charge < -0.3 is 10.1 Å². The summed E-state index contributed by atoms with van der Waals surface area (Å²) >= 11 is 1.87. The minimum absolute atomic E-state index is 0.527. The molecule has 0 saturated heterocycles. The van der Waals surface area contributed by atoms with E-state index < -0.39 is 0 Å². The Morgan fingerprint density at radius 1 is 1.31 bits per heavy atom. The highest BCUT2D eigenvalue weighted by atomic mass is 32.1. The zero-order valence-electron chi connectivity index (χ0n) is 10.00. The van der Waals surface area contributed by atoms with Crippen molar-refractivity contribution in [3.8, 4) is 0 Å². The summed E-state index contributed by atoms with van der Waals surface area (Å²) in [4.78, 5) is 2.77. The van der Waals surface area contributed by atoms with E-state index in [0.29, 0.717) is 6.10 Å². The molecule has 90 valence electrons. The van der Waals surface area contributed by atoms with Crippen molar-refractivity contribution in [3.05, 3.63) is 21.9 Å². The van der Waals surface area contributed by atoms with E-state index >= 15 is 0 Å². The van der Waals surface area contributed by atoms with Gasteiger partial charge in [0.25, 0.3) is 0 Å². The van der Waals surface area contributed by atoms with E-state index in [1.807, 2.05) is 11.3 Å². The Kier molecular flexibility index (Phi) is 4.82. The molecule has 16 heavy (non-hydrogen) atoms. The summed E-state index contributed by atoms with van der Waals surface area (Å²) < 4.78 is 5.90. The summed E-state index contributed by atoms with van der Waals surface area (Å²) in [5.74, 6) is 0. The first-order chi connectivity index (χ1) is 7.88. The molecule has 1 aromatic heterocycles. The van der Waals surface area contributed by atoms with Gasteiger partial charge in [0.1, 0.15) is 0 Å². The van der Waals surface area contributed by atoms with Crippen molar-refractivity contribution in [1.82, 2.24) is 5.32 Å². The lowest BCUT2D eigenvalue weighted by Gasteiger charge is -2.09. The summed E-state index contributed by atoms with van der Waals surface area (Å²) in [6.45, 7) is 4.97. The summed E-state index contributed by atoms with van der Waals surface area (Å²) in [7, 11) is 0. The fourth-order valence-corrected chi connectivity index (χ4v) is 3.01. The molecule has 1 aliphatic rings. The predicted octanol–water partition coefficient (Wildman–Crippen LogP) is 3.32. The van der Waals surface area contributed by atoms with Gasteiger partial charge in [0.15, 0.2) is 0 Å². The molecule has 1 heterocycles. The van der Waals surface area contributed by atoms with Gasteiger partial charge in [-0.25, -0.2) is 0 Å². The van der Waals surface area contributed by atoms with Gasteiger partial charge in [-0.3, -0.25) is 0 Å². The van der Waals surface area contributed by atoms with Crippen LogP contribution in [0.25, 0.3) is 0 Å². The maximum atomic E-state index is 5.90. The molecule has 1 aromatic rings. The molecule has 0 bridgehead atoms. The molecule has 3 heteroatoms. The Morgan fingerprint density at radius 2 is 2.06 bits per heavy atom. The summed E-state index contributed by atoms with van der Waals surface area (Å²) in [6, 6.07) is 4.41. The van der Waals surface area contributed by atoms with E-state index in [0.717, 1.165) is 19.7 Å². The van der Waals surface area contributed by atoms with E-state index in [9.17, 15) is 0 Å². The molecule has 1 saturated carbocycles. The molecule has 2 rings (SSSR count). The van der Waals surface area contributed by atoms with Crippen LogP contribution in [0.1, 0.15) is 42.4 Å². The Balaban J connectivity index is 1.73. The molecule has 2 nitrogen and oxygen atoms in total. The lowest BCUT2D eigenvalue weighted by atomic mass is 10.3. The van der Waals surface area contributed by atoms with Gasteiger partial charge >= 0.3 is 0 Å². The van der Waals surface area contributed by atoms with Gasteiger partial charge in [0.2, 0.25) is 0 Å². The molecular weight excluding hydrogens is 218 g/mol. The average molecular weight is 239 g/mol. The van der Waals surface area contributed by atoms with Crippen LogP contribution in [0, 0.1) is 0 Å². The average Bonchev–Trinajstić information content (AvgIpc) is 2.95. The maximum Gasteiger partial charge on any atom is 0.0813 e. The molecule has 0 radical (unpaired) electrons.